The van der Waals surface area contributed by atoms with Gasteiger partial charge in [-0.1, -0.05) is 30.3 Å². The molecule has 1 aliphatic rings. The van der Waals surface area contributed by atoms with E-state index < -0.39 is 0 Å². The normalized spacial score (nSPS) is 15.8. The summed E-state index contributed by atoms with van der Waals surface area (Å²) in [5.74, 6) is 0.833. The second-order valence-electron chi connectivity index (χ2n) is 6.53. The van der Waals surface area contributed by atoms with Crippen LogP contribution in [-0.2, 0) is 6.42 Å². The Morgan fingerprint density at radius 1 is 0.909 bits per heavy atom. The fourth-order valence-electron chi connectivity index (χ4n) is 3.30. The smallest absolute Gasteiger partial charge is 0.0367 e. The minimum atomic E-state index is 0.833. The largest absolute Gasteiger partial charge is 0.378 e. The average molecular weight is 294 g/mol. The van der Waals surface area contributed by atoms with Gasteiger partial charge in [0.05, 0.1) is 0 Å². The van der Waals surface area contributed by atoms with Gasteiger partial charge in [0.2, 0.25) is 0 Å². The number of anilines is 2. The highest BCUT2D eigenvalue weighted by molar-refractivity contribution is 5.55. The van der Waals surface area contributed by atoms with Gasteiger partial charge in [-0.15, -0.1) is 0 Å². The Balaban J connectivity index is 1.55. The number of hydrogen-bond acceptors (Lipinski definition) is 2. The number of rotatable bonds is 4. The third-order valence-corrected chi connectivity index (χ3v) is 4.71. The molecule has 1 fully saturated rings. The highest BCUT2D eigenvalue weighted by Gasteiger charge is 2.19. The van der Waals surface area contributed by atoms with Gasteiger partial charge in [-0.25, -0.2) is 0 Å². The summed E-state index contributed by atoms with van der Waals surface area (Å²) >= 11 is 0. The predicted octanol–water partition coefficient (Wildman–Crippen LogP) is 4.21. The van der Waals surface area contributed by atoms with Gasteiger partial charge in [0.1, 0.15) is 0 Å². The van der Waals surface area contributed by atoms with Crippen molar-refractivity contribution in [3.8, 4) is 0 Å². The quantitative estimate of drug-likeness (QED) is 0.833. The molecule has 2 heteroatoms. The fourth-order valence-corrected chi connectivity index (χ4v) is 3.30. The van der Waals surface area contributed by atoms with E-state index in [1.54, 1.807) is 0 Å². The summed E-state index contributed by atoms with van der Waals surface area (Å²) in [6, 6.07) is 19.9. The van der Waals surface area contributed by atoms with Crippen molar-refractivity contribution in [2.45, 2.75) is 19.3 Å². The molecule has 0 spiro atoms. The van der Waals surface area contributed by atoms with Crippen molar-refractivity contribution in [3.05, 3.63) is 60.2 Å². The van der Waals surface area contributed by atoms with Crippen LogP contribution in [-0.4, -0.2) is 27.2 Å². The molecule has 0 amide bonds. The zero-order chi connectivity index (χ0) is 15.4. The van der Waals surface area contributed by atoms with Gasteiger partial charge in [0.15, 0.2) is 0 Å². The summed E-state index contributed by atoms with van der Waals surface area (Å²) in [5.41, 5.74) is 4.11. The molecule has 0 unspecified atom stereocenters. The van der Waals surface area contributed by atoms with E-state index in [4.69, 9.17) is 0 Å². The monoisotopic (exact) mass is 294 g/mol. The maximum Gasteiger partial charge on any atom is 0.0367 e. The molecular weight excluding hydrogens is 268 g/mol. The molecule has 2 aromatic rings. The lowest BCUT2D eigenvalue weighted by molar-refractivity contribution is 0.404. The molecule has 0 bridgehead atoms. The molecule has 0 radical (unpaired) electrons. The van der Waals surface area contributed by atoms with Crippen molar-refractivity contribution in [1.82, 2.24) is 0 Å². The van der Waals surface area contributed by atoms with E-state index in [-0.39, 0.29) is 0 Å². The van der Waals surface area contributed by atoms with Crippen molar-refractivity contribution < 1.29 is 0 Å². The van der Waals surface area contributed by atoms with Crippen molar-refractivity contribution in [3.63, 3.8) is 0 Å². The van der Waals surface area contributed by atoms with Crippen LogP contribution in [0.5, 0.6) is 0 Å². The summed E-state index contributed by atoms with van der Waals surface area (Å²) in [7, 11) is 4.17. The van der Waals surface area contributed by atoms with E-state index >= 15 is 0 Å². The van der Waals surface area contributed by atoms with Crippen molar-refractivity contribution in [2.24, 2.45) is 5.92 Å². The highest BCUT2D eigenvalue weighted by atomic mass is 15.1. The van der Waals surface area contributed by atoms with Crippen molar-refractivity contribution in [1.29, 1.82) is 0 Å². The molecule has 0 atom stereocenters. The van der Waals surface area contributed by atoms with E-state index in [1.165, 1.54) is 49.3 Å². The molecule has 0 aliphatic carbocycles. The fraction of sp³-hybridized carbons (Fsp3) is 0.400. The van der Waals surface area contributed by atoms with Crippen molar-refractivity contribution >= 4 is 11.4 Å². The lowest BCUT2D eigenvalue weighted by Crippen LogP contribution is -2.34. The van der Waals surface area contributed by atoms with Crippen LogP contribution < -0.4 is 9.80 Å². The van der Waals surface area contributed by atoms with Crippen LogP contribution in [0.1, 0.15) is 18.4 Å². The van der Waals surface area contributed by atoms with Gasteiger partial charge in [-0.05, 0) is 55.0 Å². The third-order valence-electron chi connectivity index (χ3n) is 4.71. The lowest BCUT2D eigenvalue weighted by atomic mass is 9.90. The second kappa shape index (κ2) is 6.87. The van der Waals surface area contributed by atoms with E-state index in [9.17, 15) is 0 Å². The van der Waals surface area contributed by atoms with Crippen LogP contribution in [0.4, 0.5) is 11.4 Å². The van der Waals surface area contributed by atoms with Crippen LogP contribution in [0, 0.1) is 5.92 Å². The maximum atomic E-state index is 2.53. The van der Waals surface area contributed by atoms with Gasteiger partial charge < -0.3 is 9.80 Å². The molecular formula is C20H26N2. The summed E-state index contributed by atoms with van der Waals surface area (Å²) in [6.07, 6.45) is 3.82. The number of benzene rings is 2. The molecule has 2 nitrogen and oxygen atoms in total. The first kappa shape index (κ1) is 15.0. The van der Waals surface area contributed by atoms with E-state index in [0.29, 0.717) is 0 Å². The Labute approximate surface area is 134 Å². The Morgan fingerprint density at radius 3 is 2.14 bits per heavy atom. The first-order valence-corrected chi connectivity index (χ1v) is 8.28. The SMILES string of the molecule is CN(C)c1ccc(N2CCC(Cc3ccccc3)CC2)cc1. The number of piperidine rings is 1. The Morgan fingerprint density at radius 2 is 1.55 bits per heavy atom. The Hall–Kier alpha value is -1.96. The molecule has 2 aromatic carbocycles. The number of nitrogens with zero attached hydrogens (tertiary/aromatic N) is 2. The number of hydrogen-bond donors (Lipinski definition) is 0. The van der Waals surface area contributed by atoms with E-state index in [1.807, 2.05) is 0 Å². The van der Waals surface area contributed by atoms with Crippen LogP contribution >= 0.6 is 0 Å². The Kier molecular flexibility index (Phi) is 4.67. The minimum Gasteiger partial charge on any atom is -0.378 e. The zero-order valence-electron chi connectivity index (χ0n) is 13.7. The summed E-state index contributed by atoms with van der Waals surface area (Å²) in [5, 5.41) is 0. The molecule has 1 aliphatic heterocycles. The highest BCUT2D eigenvalue weighted by Crippen LogP contribution is 2.27. The molecule has 0 N–H and O–H groups in total. The first-order chi connectivity index (χ1) is 10.7. The lowest BCUT2D eigenvalue weighted by Gasteiger charge is -2.34. The van der Waals surface area contributed by atoms with Gasteiger partial charge in [-0.2, -0.15) is 0 Å². The van der Waals surface area contributed by atoms with Crippen molar-refractivity contribution in [2.75, 3.05) is 37.0 Å². The van der Waals surface area contributed by atoms with E-state index in [0.717, 1.165) is 5.92 Å². The molecule has 0 saturated carbocycles. The minimum absolute atomic E-state index is 0.833. The maximum absolute atomic E-state index is 2.53. The topological polar surface area (TPSA) is 6.48 Å². The predicted molar refractivity (Wildman–Crippen MR) is 95.9 cm³/mol. The summed E-state index contributed by atoms with van der Waals surface area (Å²) in [6.45, 7) is 2.36. The van der Waals surface area contributed by atoms with Gasteiger partial charge >= 0.3 is 0 Å². The standard InChI is InChI=1S/C20H26N2/c1-21(2)19-8-10-20(11-9-19)22-14-12-18(13-15-22)16-17-6-4-3-5-7-17/h3-11,18H,12-16H2,1-2H3. The van der Waals surface area contributed by atoms with E-state index in [2.05, 4.69) is 78.5 Å². The first-order valence-electron chi connectivity index (χ1n) is 8.28. The molecule has 22 heavy (non-hydrogen) atoms. The van der Waals surface area contributed by atoms with Crippen LogP contribution in [0.3, 0.4) is 0 Å². The van der Waals surface area contributed by atoms with Gasteiger partial charge in [0.25, 0.3) is 0 Å². The van der Waals surface area contributed by atoms with Gasteiger partial charge in [0, 0.05) is 38.6 Å². The van der Waals surface area contributed by atoms with Gasteiger partial charge in [-0.3, -0.25) is 0 Å². The molecule has 0 aromatic heterocycles. The van der Waals surface area contributed by atoms with Crippen LogP contribution in [0.15, 0.2) is 54.6 Å². The molecule has 1 saturated heterocycles. The average Bonchev–Trinajstić information content (AvgIpc) is 2.57. The third kappa shape index (κ3) is 3.62. The summed E-state index contributed by atoms with van der Waals surface area (Å²) < 4.78 is 0. The Bertz CT molecular complexity index is 566. The second-order valence-corrected chi connectivity index (χ2v) is 6.53. The molecule has 116 valence electrons. The summed E-state index contributed by atoms with van der Waals surface area (Å²) in [4.78, 5) is 4.68. The van der Waals surface area contributed by atoms with Crippen LogP contribution in [0.2, 0.25) is 0 Å². The molecule has 3 rings (SSSR count). The molecule has 1 heterocycles. The zero-order valence-corrected chi connectivity index (χ0v) is 13.7. The van der Waals surface area contributed by atoms with Crippen LogP contribution in [0.25, 0.3) is 0 Å².